The molecule has 0 unspecified atom stereocenters. The normalized spacial score (nSPS) is 14.9. The number of methoxy groups -OCH3 is 1. The summed E-state index contributed by atoms with van der Waals surface area (Å²) in [6.07, 6.45) is 1.89. The Morgan fingerprint density at radius 3 is 2.45 bits per heavy atom. The number of fused-ring (bicyclic) bond motifs is 1. The third-order valence-electron chi connectivity index (χ3n) is 3.76. The molecule has 3 nitrogen and oxygen atoms in total. The van der Waals surface area contributed by atoms with Gasteiger partial charge < -0.3 is 10.1 Å². The van der Waals surface area contributed by atoms with E-state index in [1.165, 1.54) is 0 Å². The van der Waals surface area contributed by atoms with Crippen LogP contribution < -0.4 is 10.1 Å². The van der Waals surface area contributed by atoms with E-state index in [1.807, 2.05) is 44.2 Å². The number of halogens is 1. The van der Waals surface area contributed by atoms with Crippen LogP contribution in [0.25, 0.3) is 11.6 Å². The molecule has 1 aliphatic rings. The van der Waals surface area contributed by atoms with Gasteiger partial charge in [0, 0.05) is 21.8 Å². The summed E-state index contributed by atoms with van der Waals surface area (Å²) in [6.45, 7) is 3.99. The summed E-state index contributed by atoms with van der Waals surface area (Å²) in [5, 5.41) is 3.47. The van der Waals surface area contributed by atoms with Gasteiger partial charge in [0.1, 0.15) is 5.75 Å². The maximum absolute atomic E-state index is 12.2. The van der Waals surface area contributed by atoms with Gasteiger partial charge in [-0.05, 0) is 66.9 Å². The quantitative estimate of drug-likeness (QED) is 0.831. The highest BCUT2D eigenvalue weighted by molar-refractivity contribution is 6.36. The maximum Gasteiger partial charge on any atom is 0.256 e. The van der Waals surface area contributed by atoms with E-state index in [2.05, 4.69) is 5.32 Å². The van der Waals surface area contributed by atoms with Crippen LogP contribution >= 0.6 is 11.6 Å². The Labute approximate surface area is 134 Å². The van der Waals surface area contributed by atoms with Crippen molar-refractivity contribution in [1.29, 1.82) is 0 Å². The molecule has 0 spiro atoms. The van der Waals surface area contributed by atoms with Gasteiger partial charge in [-0.15, -0.1) is 0 Å². The molecule has 22 heavy (non-hydrogen) atoms. The van der Waals surface area contributed by atoms with Crippen molar-refractivity contribution in [3.63, 3.8) is 0 Å². The van der Waals surface area contributed by atoms with Gasteiger partial charge >= 0.3 is 0 Å². The minimum absolute atomic E-state index is 0.108. The number of aryl methyl sites for hydroxylation is 2. The van der Waals surface area contributed by atoms with Gasteiger partial charge in [-0.3, -0.25) is 4.79 Å². The molecule has 0 fully saturated rings. The lowest BCUT2D eigenvalue weighted by atomic mass is 10.0. The average molecular weight is 314 g/mol. The van der Waals surface area contributed by atoms with Gasteiger partial charge in [-0.25, -0.2) is 0 Å². The maximum atomic E-state index is 12.2. The number of anilines is 1. The van der Waals surface area contributed by atoms with E-state index in [9.17, 15) is 4.79 Å². The zero-order valence-corrected chi connectivity index (χ0v) is 13.4. The summed E-state index contributed by atoms with van der Waals surface area (Å²) in [5.41, 5.74) is 5.31. The summed E-state index contributed by atoms with van der Waals surface area (Å²) >= 11 is 6.05. The topological polar surface area (TPSA) is 38.3 Å². The molecule has 112 valence electrons. The molecule has 1 amide bonds. The van der Waals surface area contributed by atoms with Gasteiger partial charge in [0.15, 0.2) is 0 Å². The first-order valence-electron chi connectivity index (χ1n) is 6.98. The predicted octanol–water partition coefficient (Wildman–Crippen LogP) is 4.46. The van der Waals surface area contributed by atoms with E-state index in [1.54, 1.807) is 13.2 Å². The van der Waals surface area contributed by atoms with Crippen LogP contribution in [0.3, 0.4) is 0 Å². The number of hydrogen-bond acceptors (Lipinski definition) is 2. The second kappa shape index (κ2) is 5.50. The second-order valence-electron chi connectivity index (χ2n) is 5.39. The van der Waals surface area contributed by atoms with Crippen LogP contribution in [0.4, 0.5) is 5.69 Å². The molecular weight excluding hydrogens is 298 g/mol. The Morgan fingerprint density at radius 2 is 1.82 bits per heavy atom. The van der Waals surface area contributed by atoms with Gasteiger partial charge in [0.05, 0.1) is 7.11 Å². The Hall–Kier alpha value is -2.26. The highest BCUT2D eigenvalue weighted by Crippen LogP contribution is 2.35. The summed E-state index contributed by atoms with van der Waals surface area (Å²) < 4.78 is 5.38. The standard InChI is InChI=1S/C18H16ClNO2/c1-10-6-12(7-11(2)17(10)22-3)8-15-14-9-13(19)4-5-16(14)20-18(15)21/h4-9H,1-3H3,(H,20,21). The van der Waals surface area contributed by atoms with E-state index in [-0.39, 0.29) is 5.91 Å². The molecule has 0 radical (unpaired) electrons. The largest absolute Gasteiger partial charge is 0.496 e. The Bertz CT molecular complexity index is 786. The third kappa shape index (κ3) is 2.48. The highest BCUT2D eigenvalue weighted by atomic mass is 35.5. The molecule has 1 heterocycles. The van der Waals surface area contributed by atoms with Crippen molar-refractivity contribution in [3.05, 3.63) is 57.6 Å². The first-order valence-corrected chi connectivity index (χ1v) is 7.35. The number of carbonyl (C=O) groups is 1. The van der Waals surface area contributed by atoms with Crippen LogP contribution in [0.2, 0.25) is 5.02 Å². The fourth-order valence-corrected chi connectivity index (χ4v) is 3.03. The molecule has 0 aliphatic carbocycles. The summed E-state index contributed by atoms with van der Waals surface area (Å²) in [4.78, 5) is 12.2. The zero-order chi connectivity index (χ0) is 15.9. The number of ether oxygens (including phenoxy) is 1. The van der Waals surface area contributed by atoms with Gasteiger partial charge in [-0.2, -0.15) is 0 Å². The Balaban J connectivity index is 2.10. The second-order valence-corrected chi connectivity index (χ2v) is 5.83. The number of benzene rings is 2. The van der Waals surface area contributed by atoms with Crippen LogP contribution in [-0.2, 0) is 4.79 Å². The number of amides is 1. The van der Waals surface area contributed by atoms with Crippen LogP contribution in [0.15, 0.2) is 30.3 Å². The molecule has 3 rings (SSSR count). The molecule has 0 saturated heterocycles. The molecule has 0 aromatic heterocycles. The van der Waals surface area contributed by atoms with Crippen molar-refractivity contribution in [2.45, 2.75) is 13.8 Å². The number of hydrogen-bond donors (Lipinski definition) is 1. The zero-order valence-electron chi connectivity index (χ0n) is 12.7. The van der Waals surface area contributed by atoms with Gasteiger partial charge in [0.25, 0.3) is 5.91 Å². The number of nitrogens with one attached hydrogen (secondary N) is 1. The van der Waals surface area contributed by atoms with E-state index < -0.39 is 0 Å². The Morgan fingerprint density at radius 1 is 1.14 bits per heavy atom. The molecular formula is C18H16ClNO2. The monoisotopic (exact) mass is 313 g/mol. The number of carbonyl (C=O) groups excluding carboxylic acids is 1. The first-order chi connectivity index (χ1) is 10.5. The molecule has 1 aliphatic heterocycles. The Kier molecular flexibility index (Phi) is 3.67. The van der Waals surface area contributed by atoms with E-state index in [4.69, 9.17) is 16.3 Å². The van der Waals surface area contributed by atoms with E-state index in [0.717, 1.165) is 33.7 Å². The van der Waals surface area contributed by atoms with Crippen LogP contribution in [0.5, 0.6) is 5.75 Å². The number of rotatable bonds is 2. The fraction of sp³-hybridized carbons (Fsp3) is 0.167. The SMILES string of the molecule is COc1c(C)cc(C=C2C(=O)Nc3ccc(Cl)cc32)cc1C. The van der Waals surface area contributed by atoms with Crippen molar-refractivity contribution in [3.8, 4) is 5.75 Å². The molecule has 0 saturated carbocycles. The molecule has 0 bridgehead atoms. The van der Waals surface area contributed by atoms with Crippen LogP contribution in [0, 0.1) is 13.8 Å². The predicted molar refractivity (Wildman–Crippen MR) is 90.4 cm³/mol. The fourth-order valence-electron chi connectivity index (χ4n) is 2.86. The molecule has 2 aromatic rings. The average Bonchev–Trinajstić information content (AvgIpc) is 2.75. The smallest absolute Gasteiger partial charge is 0.256 e. The van der Waals surface area contributed by atoms with Crippen molar-refractivity contribution < 1.29 is 9.53 Å². The van der Waals surface area contributed by atoms with Crippen molar-refractivity contribution >= 4 is 34.8 Å². The van der Waals surface area contributed by atoms with Crippen molar-refractivity contribution in [2.75, 3.05) is 12.4 Å². The van der Waals surface area contributed by atoms with Gasteiger partial charge in [0.2, 0.25) is 0 Å². The van der Waals surface area contributed by atoms with Crippen molar-refractivity contribution in [2.24, 2.45) is 0 Å². The van der Waals surface area contributed by atoms with Crippen LogP contribution in [0.1, 0.15) is 22.3 Å². The summed E-state index contributed by atoms with van der Waals surface area (Å²) in [5.74, 6) is 0.768. The van der Waals surface area contributed by atoms with Gasteiger partial charge in [-0.1, -0.05) is 11.6 Å². The lowest BCUT2D eigenvalue weighted by molar-refractivity contribution is -0.110. The lowest BCUT2D eigenvalue weighted by Crippen LogP contribution is -2.03. The summed E-state index contributed by atoms with van der Waals surface area (Å²) in [7, 11) is 1.66. The third-order valence-corrected chi connectivity index (χ3v) is 4.00. The van der Waals surface area contributed by atoms with Crippen LogP contribution in [-0.4, -0.2) is 13.0 Å². The highest BCUT2D eigenvalue weighted by Gasteiger charge is 2.24. The molecule has 0 atom stereocenters. The lowest BCUT2D eigenvalue weighted by Gasteiger charge is -2.10. The molecule has 4 heteroatoms. The minimum Gasteiger partial charge on any atom is -0.496 e. The minimum atomic E-state index is -0.108. The molecule has 2 aromatic carbocycles. The first kappa shape index (κ1) is 14.7. The molecule has 1 N–H and O–H groups in total. The summed E-state index contributed by atoms with van der Waals surface area (Å²) in [6, 6.07) is 9.42. The van der Waals surface area contributed by atoms with E-state index >= 15 is 0 Å². The van der Waals surface area contributed by atoms with Crippen molar-refractivity contribution in [1.82, 2.24) is 0 Å². The van der Waals surface area contributed by atoms with E-state index in [0.29, 0.717) is 10.6 Å².